The third kappa shape index (κ3) is 4.68. The Labute approximate surface area is 142 Å². The van der Waals surface area contributed by atoms with Crippen LogP contribution in [-0.4, -0.2) is 29.0 Å². The number of rotatable bonds is 7. The summed E-state index contributed by atoms with van der Waals surface area (Å²) in [5.74, 6) is 1.04. The van der Waals surface area contributed by atoms with E-state index in [0.717, 1.165) is 23.4 Å². The van der Waals surface area contributed by atoms with Crippen molar-refractivity contribution in [1.82, 2.24) is 15.3 Å². The smallest absolute Gasteiger partial charge is 0.270 e. The number of para-hydroxylation sites is 1. The van der Waals surface area contributed by atoms with Crippen LogP contribution in [0.1, 0.15) is 42.0 Å². The molecule has 2 N–H and O–H groups in total. The van der Waals surface area contributed by atoms with Crippen molar-refractivity contribution in [2.24, 2.45) is 0 Å². The SMILES string of the molecule is CCC(C)NC(=O)c1cc(C)nc(NCc2ccccc2OC)n1. The normalized spacial score (nSPS) is 11.7. The number of aryl methyl sites for hydroxylation is 1. The van der Waals surface area contributed by atoms with Gasteiger partial charge < -0.3 is 15.4 Å². The summed E-state index contributed by atoms with van der Waals surface area (Å²) in [5.41, 5.74) is 2.10. The summed E-state index contributed by atoms with van der Waals surface area (Å²) < 4.78 is 5.33. The van der Waals surface area contributed by atoms with Crippen molar-refractivity contribution in [2.45, 2.75) is 39.8 Å². The molecule has 1 amide bonds. The molecular formula is C18H24N4O2. The van der Waals surface area contributed by atoms with E-state index in [0.29, 0.717) is 18.2 Å². The molecule has 0 spiro atoms. The van der Waals surface area contributed by atoms with Crippen LogP contribution >= 0.6 is 0 Å². The summed E-state index contributed by atoms with van der Waals surface area (Å²) in [4.78, 5) is 20.9. The first kappa shape index (κ1) is 17.7. The van der Waals surface area contributed by atoms with Crippen molar-refractivity contribution in [2.75, 3.05) is 12.4 Å². The molecule has 1 atom stereocenters. The van der Waals surface area contributed by atoms with E-state index in [1.165, 1.54) is 0 Å². The highest BCUT2D eigenvalue weighted by molar-refractivity contribution is 5.92. The molecule has 0 aliphatic rings. The van der Waals surface area contributed by atoms with Gasteiger partial charge in [-0.3, -0.25) is 4.79 Å². The Morgan fingerprint density at radius 2 is 2.04 bits per heavy atom. The molecule has 0 aliphatic carbocycles. The average Bonchev–Trinajstić information content (AvgIpc) is 2.59. The third-order valence-corrected chi connectivity index (χ3v) is 3.71. The zero-order chi connectivity index (χ0) is 17.5. The fraction of sp³-hybridized carbons (Fsp3) is 0.389. The Hall–Kier alpha value is -2.63. The molecule has 2 aromatic rings. The second kappa shape index (κ2) is 8.29. The van der Waals surface area contributed by atoms with Crippen molar-refractivity contribution in [3.63, 3.8) is 0 Å². The molecule has 1 aromatic heterocycles. The Balaban J connectivity index is 2.12. The lowest BCUT2D eigenvalue weighted by Crippen LogP contribution is -2.32. The molecule has 1 aromatic carbocycles. The van der Waals surface area contributed by atoms with Crippen molar-refractivity contribution in [1.29, 1.82) is 0 Å². The molecule has 0 radical (unpaired) electrons. The number of carbonyl (C=O) groups is 1. The summed E-state index contributed by atoms with van der Waals surface area (Å²) in [7, 11) is 1.64. The summed E-state index contributed by atoms with van der Waals surface area (Å²) in [6.45, 7) is 6.35. The predicted molar refractivity (Wildman–Crippen MR) is 94.3 cm³/mol. The minimum Gasteiger partial charge on any atom is -0.496 e. The molecule has 24 heavy (non-hydrogen) atoms. The van der Waals surface area contributed by atoms with Crippen LogP contribution in [0.5, 0.6) is 5.75 Å². The number of nitrogens with zero attached hydrogens (tertiary/aromatic N) is 2. The highest BCUT2D eigenvalue weighted by Crippen LogP contribution is 2.18. The van der Waals surface area contributed by atoms with E-state index in [2.05, 4.69) is 20.6 Å². The standard InChI is InChI=1S/C18H24N4O2/c1-5-12(2)20-17(23)15-10-13(3)21-18(22-15)19-11-14-8-6-7-9-16(14)24-4/h6-10,12H,5,11H2,1-4H3,(H,20,23)(H,19,21,22). The molecule has 2 rings (SSSR count). The number of anilines is 1. The maximum atomic E-state index is 12.2. The van der Waals surface area contributed by atoms with E-state index in [9.17, 15) is 4.79 Å². The summed E-state index contributed by atoms with van der Waals surface area (Å²) in [5, 5.41) is 6.07. The quantitative estimate of drug-likeness (QED) is 0.817. The van der Waals surface area contributed by atoms with Gasteiger partial charge >= 0.3 is 0 Å². The number of methoxy groups -OCH3 is 1. The van der Waals surface area contributed by atoms with E-state index < -0.39 is 0 Å². The summed E-state index contributed by atoms with van der Waals surface area (Å²) >= 11 is 0. The fourth-order valence-electron chi connectivity index (χ4n) is 2.19. The Bertz CT molecular complexity index is 703. The molecule has 6 heteroatoms. The minimum atomic E-state index is -0.185. The maximum absolute atomic E-state index is 12.2. The second-order valence-corrected chi connectivity index (χ2v) is 5.67. The Morgan fingerprint density at radius 1 is 1.29 bits per heavy atom. The molecule has 1 unspecified atom stereocenters. The van der Waals surface area contributed by atoms with Crippen LogP contribution in [-0.2, 0) is 6.54 Å². The van der Waals surface area contributed by atoms with Crippen molar-refractivity contribution in [3.05, 3.63) is 47.3 Å². The topological polar surface area (TPSA) is 76.1 Å². The van der Waals surface area contributed by atoms with Gasteiger partial charge in [-0.2, -0.15) is 0 Å². The number of hydrogen-bond donors (Lipinski definition) is 2. The van der Waals surface area contributed by atoms with E-state index in [1.54, 1.807) is 13.2 Å². The number of nitrogens with one attached hydrogen (secondary N) is 2. The first-order valence-corrected chi connectivity index (χ1v) is 8.05. The number of aromatic nitrogens is 2. The lowest BCUT2D eigenvalue weighted by atomic mass is 10.2. The van der Waals surface area contributed by atoms with Crippen molar-refractivity contribution >= 4 is 11.9 Å². The fourth-order valence-corrected chi connectivity index (χ4v) is 2.19. The van der Waals surface area contributed by atoms with Gasteiger partial charge in [0.1, 0.15) is 11.4 Å². The molecule has 128 valence electrons. The lowest BCUT2D eigenvalue weighted by Gasteiger charge is -2.13. The van der Waals surface area contributed by atoms with Gasteiger partial charge in [0.15, 0.2) is 0 Å². The van der Waals surface area contributed by atoms with E-state index >= 15 is 0 Å². The van der Waals surface area contributed by atoms with E-state index in [4.69, 9.17) is 4.74 Å². The minimum absolute atomic E-state index is 0.109. The highest BCUT2D eigenvalue weighted by atomic mass is 16.5. The van der Waals surface area contributed by atoms with Gasteiger partial charge in [-0.15, -0.1) is 0 Å². The van der Waals surface area contributed by atoms with Gasteiger partial charge in [-0.25, -0.2) is 9.97 Å². The lowest BCUT2D eigenvalue weighted by molar-refractivity contribution is 0.0934. The van der Waals surface area contributed by atoms with Gasteiger partial charge in [0.25, 0.3) is 5.91 Å². The molecular weight excluding hydrogens is 304 g/mol. The van der Waals surface area contributed by atoms with Crippen LogP contribution in [0.3, 0.4) is 0 Å². The molecule has 6 nitrogen and oxygen atoms in total. The van der Waals surface area contributed by atoms with Crippen LogP contribution in [0, 0.1) is 6.92 Å². The van der Waals surface area contributed by atoms with Crippen LogP contribution in [0.4, 0.5) is 5.95 Å². The Morgan fingerprint density at radius 3 is 2.75 bits per heavy atom. The zero-order valence-corrected chi connectivity index (χ0v) is 14.6. The Kier molecular flexibility index (Phi) is 6.12. The predicted octanol–water partition coefficient (Wildman–Crippen LogP) is 2.93. The number of benzene rings is 1. The average molecular weight is 328 g/mol. The molecule has 0 aliphatic heterocycles. The maximum Gasteiger partial charge on any atom is 0.270 e. The van der Waals surface area contributed by atoms with Crippen molar-refractivity contribution < 1.29 is 9.53 Å². The largest absolute Gasteiger partial charge is 0.496 e. The van der Waals surface area contributed by atoms with Gasteiger partial charge in [-0.05, 0) is 32.4 Å². The molecule has 0 saturated carbocycles. The number of hydrogen-bond acceptors (Lipinski definition) is 5. The summed E-state index contributed by atoms with van der Waals surface area (Å²) in [6, 6.07) is 9.53. The van der Waals surface area contributed by atoms with Gasteiger partial charge in [-0.1, -0.05) is 25.1 Å². The van der Waals surface area contributed by atoms with E-state index in [-0.39, 0.29) is 11.9 Å². The molecule has 1 heterocycles. The monoisotopic (exact) mass is 328 g/mol. The van der Waals surface area contributed by atoms with Crippen LogP contribution in [0.25, 0.3) is 0 Å². The van der Waals surface area contributed by atoms with Gasteiger partial charge in [0.2, 0.25) is 5.95 Å². The second-order valence-electron chi connectivity index (χ2n) is 5.67. The zero-order valence-electron chi connectivity index (χ0n) is 14.6. The molecule has 0 fully saturated rings. The highest BCUT2D eigenvalue weighted by Gasteiger charge is 2.12. The van der Waals surface area contributed by atoms with Gasteiger partial charge in [0.05, 0.1) is 7.11 Å². The van der Waals surface area contributed by atoms with Crippen molar-refractivity contribution in [3.8, 4) is 5.75 Å². The number of ether oxygens (including phenoxy) is 1. The van der Waals surface area contributed by atoms with E-state index in [1.807, 2.05) is 45.0 Å². The third-order valence-electron chi connectivity index (χ3n) is 3.71. The van der Waals surface area contributed by atoms with Gasteiger partial charge in [0, 0.05) is 23.8 Å². The summed E-state index contributed by atoms with van der Waals surface area (Å²) in [6.07, 6.45) is 0.870. The van der Waals surface area contributed by atoms with Crippen LogP contribution in [0.2, 0.25) is 0 Å². The first-order valence-electron chi connectivity index (χ1n) is 8.05. The number of carbonyl (C=O) groups excluding carboxylic acids is 1. The number of amides is 1. The van der Waals surface area contributed by atoms with Crippen LogP contribution < -0.4 is 15.4 Å². The van der Waals surface area contributed by atoms with Crippen LogP contribution in [0.15, 0.2) is 30.3 Å². The molecule has 0 bridgehead atoms. The first-order chi connectivity index (χ1) is 11.5. The molecule has 0 saturated heterocycles.